The molecule has 2 aromatic rings. The number of rotatable bonds is 5. The van der Waals surface area contributed by atoms with Gasteiger partial charge in [-0.3, -0.25) is 9.78 Å². The molecule has 2 aromatic heterocycles. The third-order valence-corrected chi connectivity index (χ3v) is 3.67. The van der Waals surface area contributed by atoms with Crippen molar-refractivity contribution in [2.45, 2.75) is 19.3 Å². The standard InChI is InChI=1S/C18H18N4O2/c1-24-16-7-3-2-6-14(16)15-10-17(21-12-20-15)22-18(23)9-13-5-4-8-19-11-13/h2,4-6,8,10-12H,3,7,9H2,1H3,(H,20,21,22,23). The second-order valence-corrected chi connectivity index (χ2v) is 5.36. The van der Waals surface area contributed by atoms with Gasteiger partial charge in [0.2, 0.25) is 5.91 Å². The first-order valence-corrected chi connectivity index (χ1v) is 7.71. The van der Waals surface area contributed by atoms with Gasteiger partial charge < -0.3 is 10.1 Å². The second kappa shape index (κ2) is 7.50. The summed E-state index contributed by atoms with van der Waals surface area (Å²) in [6, 6.07) is 5.42. The average Bonchev–Trinajstić information content (AvgIpc) is 2.62. The van der Waals surface area contributed by atoms with Gasteiger partial charge in [0.15, 0.2) is 0 Å². The van der Waals surface area contributed by atoms with Gasteiger partial charge in [0, 0.05) is 30.5 Å². The number of aromatic nitrogens is 3. The fraction of sp³-hybridized carbons (Fsp3) is 0.222. The molecule has 0 radical (unpaired) electrons. The van der Waals surface area contributed by atoms with Crippen LogP contribution in [0.4, 0.5) is 5.82 Å². The molecule has 0 saturated carbocycles. The summed E-state index contributed by atoms with van der Waals surface area (Å²) in [5, 5.41) is 2.80. The molecule has 0 atom stereocenters. The molecule has 0 spiro atoms. The number of hydrogen-bond donors (Lipinski definition) is 1. The van der Waals surface area contributed by atoms with Gasteiger partial charge in [0.05, 0.1) is 19.2 Å². The minimum absolute atomic E-state index is 0.146. The number of nitrogens with zero attached hydrogens (tertiary/aromatic N) is 3. The van der Waals surface area contributed by atoms with Crippen molar-refractivity contribution in [3.8, 4) is 0 Å². The molecular formula is C18H18N4O2. The van der Waals surface area contributed by atoms with E-state index < -0.39 is 0 Å². The molecule has 6 nitrogen and oxygen atoms in total. The summed E-state index contributed by atoms with van der Waals surface area (Å²) >= 11 is 0. The van der Waals surface area contributed by atoms with Crippen LogP contribution in [0.25, 0.3) is 5.57 Å². The normalized spacial score (nSPS) is 13.7. The summed E-state index contributed by atoms with van der Waals surface area (Å²) in [6.45, 7) is 0. The largest absolute Gasteiger partial charge is 0.500 e. The number of ether oxygens (including phenoxy) is 1. The van der Waals surface area contributed by atoms with E-state index in [0.29, 0.717) is 5.82 Å². The summed E-state index contributed by atoms with van der Waals surface area (Å²) in [5.41, 5.74) is 2.51. The predicted octanol–water partition coefficient (Wildman–Crippen LogP) is 2.76. The SMILES string of the molecule is COC1=C(c2cc(NC(=O)Cc3cccnc3)ncn2)C=CCC1. The molecule has 1 aliphatic carbocycles. The number of pyridine rings is 1. The first-order valence-electron chi connectivity index (χ1n) is 7.71. The van der Waals surface area contributed by atoms with Crippen molar-refractivity contribution in [1.29, 1.82) is 0 Å². The molecule has 0 bridgehead atoms. The van der Waals surface area contributed by atoms with Crippen molar-refractivity contribution < 1.29 is 9.53 Å². The molecular weight excluding hydrogens is 304 g/mol. The van der Waals surface area contributed by atoms with Crippen LogP contribution in [0.2, 0.25) is 0 Å². The molecule has 3 rings (SSSR count). The summed E-state index contributed by atoms with van der Waals surface area (Å²) in [5.74, 6) is 1.22. The topological polar surface area (TPSA) is 77.0 Å². The van der Waals surface area contributed by atoms with Crippen molar-refractivity contribution in [2.24, 2.45) is 0 Å². The van der Waals surface area contributed by atoms with Crippen molar-refractivity contribution in [2.75, 3.05) is 12.4 Å². The number of amides is 1. The first kappa shape index (κ1) is 15.9. The van der Waals surface area contributed by atoms with Gasteiger partial charge in [0.1, 0.15) is 17.9 Å². The molecule has 0 unspecified atom stereocenters. The summed E-state index contributed by atoms with van der Waals surface area (Å²) in [6.07, 6.45) is 10.9. The van der Waals surface area contributed by atoms with Crippen LogP contribution in [0.3, 0.4) is 0 Å². The number of carbonyl (C=O) groups is 1. The summed E-state index contributed by atoms with van der Waals surface area (Å²) in [7, 11) is 1.66. The first-order chi connectivity index (χ1) is 11.8. The van der Waals surface area contributed by atoms with Gasteiger partial charge in [-0.1, -0.05) is 18.2 Å². The number of carbonyl (C=O) groups excluding carboxylic acids is 1. The Labute approximate surface area is 140 Å². The van der Waals surface area contributed by atoms with Gasteiger partial charge in [-0.15, -0.1) is 0 Å². The van der Waals surface area contributed by atoms with E-state index in [-0.39, 0.29) is 12.3 Å². The monoisotopic (exact) mass is 322 g/mol. The van der Waals surface area contributed by atoms with Crippen molar-refractivity contribution in [3.63, 3.8) is 0 Å². The Morgan fingerprint density at radius 2 is 2.29 bits per heavy atom. The summed E-state index contributed by atoms with van der Waals surface area (Å²) < 4.78 is 5.43. The highest BCUT2D eigenvalue weighted by Gasteiger charge is 2.13. The molecule has 1 N–H and O–H groups in total. The maximum Gasteiger partial charge on any atom is 0.230 e. The van der Waals surface area contributed by atoms with E-state index >= 15 is 0 Å². The molecule has 24 heavy (non-hydrogen) atoms. The van der Waals surface area contributed by atoms with Gasteiger partial charge in [0.25, 0.3) is 0 Å². The lowest BCUT2D eigenvalue weighted by molar-refractivity contribution is -0.115. The average molecular weight is 322 g/mol. The third-order valence-electron chi connectivity index (χ3n) is 3.67. The van der Waals surface area contributed by atoms with Gasteiger partial charge >= 0.3 is 0 Å². The highest BCUT2D eigenvalue weighted by atomic mass is 16.5. The summed E-state index contributed by atoms with van der Waals surface area (Å²) in [4.78, 5) is 24.6. The van der Waals surface area contributed by atoms with Crippen LogP contribution >= 0.6 is 0 Å². The second-order valence-electron chi connectivity index (χ2n) is 5.36. The van der Waals surface area contributed by atoms with Crippen LogP contribution < -0.4 is 5.32 Å². The highest BCUT2D eigenvalue weighted by molar-refractivity contribution is 5.91. The van der Waals surface area contributed by atoms with Gasteiger partial charge in [-0.25, -0.2) is 9.97 Å². The van der Waals surface area contributed by atoms with Crippen molar-refractivity contribution in [1.82, 2.24) is 15.0 Å². The maximum absolute atomic E-state index is 12.1. The lowest BCUT2D eigenvalue weighted by atomic mass is 10.0. The zero-order valence-electron chi connectivity index (χ0n) is 13.4. The lowest BCUT2D eigenvalue weighted by Gasteiger charge is -2.14. The smallest absolute Gasteiger partial charge is 0.230 e. The Bertz CT molecular complexity index is 785. The number of hydrogen-bond acceptors (Lipinski definition) is 5. The fourth-order valence-corrected chi connectivity index (χ4v) is 2.53. The lowest BCUT2D eigenvalue weighted by Crippen LogP contribution is -2.15. The minimum Gasteiger partial charge on any atom is -0.500 e. The Morgan fingerprint density at radius 3 is 3.08 bits per heavy atom. The molecule has 1 amide bonds. The molecule has 0 aliphatic heterocycles. The molecule has 6 heteroatoms. The Kier molecular flexibility index (Phi) is 4.96. The Hall–Kier alpha value is -3.02. The number of anilines is 1. The van der Waals surface area contributed by atoms with Crippen molar-refractivity contribution >= 4 is 17.3 Å². The number of allylic oxidation sites excluding steroid dienone is 4. The van der Waals surface area contributed by atoms with E-state index in [2.05, 4.69) is 26.3 Å². The van der Waals surface area contributed by atoms with Gasteiger partial charge in [-0.05, 0) is 18.1 Å². The molecule has 0 saturated heterocycles. The van der Waals surface area contributed by atoms with Crippen LogP contribution in [0.1, 0.15) is 24.1 Å². The third kappa shape index (κ3) is 3.84. The minimum atomic E-state index is -0.146. The van der Waals surface area contributed by atoms with Crippen LogP contribution in [0.15, 0.2) is 54.8 Å². The van der Waals surface area contributed by atoms with Crippen LogP contribution in [0, 0.1) is 0 Å². The fourth-order valence-electron chi connectivity index (χ4n) is 2.53. The zero-order valence-corrected chi connectivity index (χ0v) is 13.4. The van der Waals surface area contributed by atoms with E-state index in [1.54, 1.807) is 31.6 Å². The van der Waals surface area contributed by atoms with Gasteiger partial charge in [-0.2, -0.15) is 0 Å². The molecule has 0 aromatic carbocycles. The maximum atomic E-state index is 12.1. The van der Waals surface area contributed by atoms with E-state index in [0.717, 1.165) is 35.4 Å². The van der Waals surface area contributed by atoms with E-state index in [1.807, 2.05) is 12.1 Å². The molecule has 0 fully saturated rings. The molecule has 1 aliphatic rings. The van der Waals surface area contributed by atoms with Crippen LogP contribution in [0.5, 0.6) is 0 Å². The Morgan fingerprint density at radius 1 is 1.38 bits per heavy atom. The van der Waals surface area contributed by atoms with E-state index in [9.17, 15) is 4.79 Å². The number of methoxy groups -OCH3 is 1. The molecule has 2 heterocycles. The quantitative estimate of drug-likeness (QED) is 0.916. The number of nitrogens with one attached hydrogen (secondary N) is 1. The highest BCUT2D eigenvalue weighted by Crippen LogP contribution is 2.27. The van der Waals surface area contributed by atoms with Crippen molar-refractivity contribution in [3.05, 3.63) is 66.1 Å². The van der Waals surface area contributed by atoms with E-state index in [4.69, 9.17) is 4.74 Å². The van der Waals surface area contributed by atoms with Crippen LogP contribution in [-0.2, 0) is 16.0 Å². The Balaban J connectivity index is 1.75. The van der Waals surface area contributed by atoms with Crippen LogP contribution in [-0.4, -0.2) is 28.0 Å². The zero-order chi connectivity index (χ0) is 16.8. The van der Waals surface area contributed by atoms with E-state index in [1.165, 1.54) is 6.33 Å². The molecule has 122 valence electrons. The predicted molar refractivity (Wildman–Crippen MR) is 90.9 cm³/mol.